The number of amides is 2. The fourth-order valence-corrected chi connectivity index (χ4v) is 3.43. The van der Waals surface area contributed by atoms with Crippen LogP contribution in [0.25, 0.3) is 11.4 Å². The lowest BCUT2D eigenvalue weighted by atomic mass is 10.2. The van der Waals surface area contributed by atoms with E-state index in [1.54, 1.807) is 36.1 Å². The van der Waals surface area contributed by atoms with Gasteiger partial charge in [0, 0.05) is 24.7 Å². The number of benzene rings is 2. The number of nitrogens with zero attached hydrogens (tertiary/aromatic N) is 3. The van der Waals surface area contributed by atoms with Crippen LogP contribution in [0.2, 0.25) is 0 Å². The summed E-state index contributed by atoms with van der Waals surface area (Å²) in [6.45, 7) is 3.79. The molecule has 2 aromatic carbocycles. The lowest BCUT2D eigenvalue weighted by Crippen LogP contribution is -2.47. The van der Waals surface area contributed by atoms with Crippen molar-refractivity contribution >= 4 is 17.6 Å². The highest BCUT2D eigenvalue weighted by atomic mass is 19.1. The maximum atomic E-state index is 13.1. The summed E-state index contributed by atoms with van der Waals surface area (Å²) in [6.07, 6.45) is 0. The zero-order valence-corrected chi connectivity index (χ0v) is 18.5. The summed E-state index contributed by atoms with van der Waals surface area (Å²) in [7, 11) is 0. The van der Waals surface area contributed by atoms with Crippen LogP contribution in [0.5, 0.6) is 11.5 Å². The average Bonchev–Trinajstić information content (AvgIpc) is 2.85. The molecule has 1 saturated heterocycles. The number of hydrogen-bond acceptors (Lipinski definition) is 7. The summed E-state index contributed by atoms with van der Waals surface area (Å²) < 4.78 is 24.1. The number of nitrogens with two attached hydrogens (primary N) is 1. The average molecular weight is 465 g/mol. The van der Waals surface area contributed by atoms with Crippen LogP contribution in [0.15, 0.2) is 54.6 Å². The topological polar surface area (TPSA) is 120 Å². The van der Waals surface area contributed by atoms with Gasteiger partial charge >= 0.3 is 0 Å². The van der Waals surface area contributed by atoms with Gasteiger partial charge in [-0.15, -0.1) is 0 Å². The van der Waals surface area contributed by atoms with Gasteiger partial charge in [-0.05, 0) is 55.5 Å². The van der Waals surface area contributed by atoms with Crippen molar-refractivity contribution in [2.75, 3.05) is 31.6 Å². The number of rotatable bonds is 7. The van der Waals surface area contributed by atoms with E-state index in [0.717, 1.165) is 0 Å². The van der Waals surface area contributed by atoms with Crippen molar-refractivity contribution in [3.63, 3.8) is 0 Å². The van der Waals surface area contributed by atoms with Gasteiger partial charge in [0.2, 0.25) is 5.91 Å². The minimum Gasteiger partial charge on any atom is -0.457 e. The fraction of sp³-hybridized carbons (Fsp3) is 0.250. The standard InChI is InChI=1S/C24H24FN5O4/c1-15(24(32)30-10-12-33-13-11-30)27-21-14-20(22(26)31)28-23(29-21)16-2-6-18(7-3-16)34-19-8-4-17(25)5-9-19/h2-9,14-15H,10-13H2,1H3,(H2,26,31)(H,27,28,29)/t15-/m0/s1. The van der Waals surface area contributed by atoms with E-state index >= 15 is 0 Å². The van der Waals surface area contributed by atoms with Crippen LogP contribution >= 0.6 is 0 Å². The van der Waals surface area contributed by atoms with Gasteiger partial charge in [0.15, 0.2) is 5.82 Å². The first-order valence-electron chi connectivity index (χ1n) is 10.7. The van der Waals surface area contributed by atoms with Crippen molar-refractivity contribution in [2.24, 2.45) is 5.73 Å². The van der Waals surface area contributed by atoms with Crippen LogP contribution < -0.4 is 15.8 Å². The minimum atomic E-state index is -0.713. The van der Waals surface area contributed by atoms with Gasteiger partial charge in [-0.2, -0.15) is 0 Å². The van der Waals surface area contributed by atoms with Gasteiger partial charge in [-0.25, -0.2) is 14.4 Å². The Balaban J connectivity index is 1.52. The Morgan fingerprint density at radius 2 is 1.68 bits per heavy atom. The molecule has 176 valence electrons. The van der Waals surface area contributed by atoms with Crippen molar-refractivity contribution in [3.8, 4) is 22.9 Å². The minimum absolute atomic E-state index is 0.0187. The smallest absolute Gasteiger partial charge is 0.267 e. The monoisotopic (exact) mass is 465 g/mol. The van der Waals surface area contributed by atoms with E-state index < -0.39 is 11.9 Å². The quantitative estimate of drug-likeness (QED) is 0.551. The molecule has 1 atom stereocenters. The van der Waals surface area contributed by atoms with Crippen LogP contribution in [0.1, 0.15) is 17.4 Å². The van der Waals surface area contributed by atoms with Crippen LogP contribution in [-0.2, 0) is 9.53 Å². The molecule has 2 heterocycles. The van der Waals surface area contributed by atoms with E-state index in [2.05, 4.69) is 15.3 Å². The summed E-state index contributed by atoms with van der Waals surface area (Å²) in [5.74, 6) is 0.440. The first-order valence-corrected chi connectivity index (χ1v) is 10.7. The van der Waals surface area contributed by atoms with Crippen molar-refractivity contribution in [3.05, 3.63) is 66.1 Å². The molecule has 0 radical (unpaired) electrons. The van der Waals surface area contributed by atoms with Gasteiger partial charge in [-0.1, -0.05) is 0 Å². The second-order valence-electron chi connectivity index (χ2n) is 7.71. The SMILES string of the molecule is C[C@H](Nc1cc(C(N)=O)nc(-c2ccc(Oc3ccc(F)cc3)cc2)n1)C(=O)N1CCOCC1. The Morgan fingerprint density at radius 1 is 1.06 bits per heavy atom. The molecule has 0 unspecified atom stereocenters. The highest BCUT2D eigenvalue weighted by Gasteiger charge is 2.23. The van der Waals surface area contributed by atoms with Gasteiger partial charge in [0.25, 0.3) is 5.91 Å². The van der Waals surface area contributed by atoms with Gasteiger partial charge in [0.05, 0.1) is 13.2 Å². The molecule has 0 aliphatic carbocycles. The number of aromatic nitrogens is 2. The molecule has 34 heavy (non-hydrogen) atoms. The van der Waals surface area contributed by atoms with Crippen molar-refractivity contribution in [1.82, 2.24) is 14.9 Å². The number of ether oxygens (including phenoxy) is 2. The third kappa shape index (κ3) is 5.65. The summed E-state index contributed by atoms with van der Waals surface area (Å²) in [6, 6.07) is 13.4. The Morgan fingerprint density at radius 3 is 2.29 bits per heavy atom. The van der Waals surface area contributed by atoms with E-state index in [1.807, 2.05) is 0 Å². The molecule has 1 aliphatic heterocycles. The van der Waals surface area contributed by atoms with Crippen LogP contribution in [-0.4, -0.2) is 59.0 Å². The summed E-state index contributed by atoms with van der Waals surface area (Å²) in [5, 5.41) is 3.05. The molecule has 1 aromatic heterocycles. The zero-order valence-electron chi connectivity index (χ0n) is 18.5. The van der Waals surface area contributed by atoms with Gasteiger partial charge in [-0.3, -0.25) is 9.59 Å². The number of carbonyl (C=O) groups is 2. The highest BCUT2D eigenvalue weighted by molar-refractivity contribution is 5.92. The molecule has 0 saturated carbocycles. The molecule has 0 bridgehead atoms. The normalized spacial score (nSPS) is 14.4. The molecule has 2 amide bonds. The first-order chi connectivity index (χ1) is 16.4. The summed E-state index contributed by atoms with van der Waals surface area (Å²) >= 11 is 0. The van der Waals surface area contributed by atoms with Gasteiger partial charge < -0.3 is 25.4 Å². The zero-order chi connectivity index (χ0) is 24.1. The predicted octanol–water partition coefficient (Wildman–Crippen LogP) is 2.83. The molecular weight excluding hydrogens is 441 g/mol. The number of carbonyl (C=O) groups excluding carboxylic acids is 2. The number of hydrogen-bond donors (Lipinski definition) is 2. The number of primary amides is 1. The fourth-order valence-electron chi connectivity index (χ4n) is 3.43. The van der Waals surface area contributed by atoms with E-state index in [0.29, 0.717) is 49.2 Å². The van der Waals surface area contributed by atoms with Crippen LogP contribution in [0, 0.1) is 5.82 Å². The number of nitrogens with one attached hydrogen (secondary N) is 1. The second kappa shape index (κ2) is 10.3. The maximum Gasteiger partial charge on any atom is 0.267 e. The third-order valence-electron chi connectivity index (χ3n) is 5.20. The Labute approximate surface area is 195 Å². The number of halogens is 1. The molecular formula is C24H24FN5O4. The lowest BCUT2D eigenvalue weighted by molar-refractivity contribution is -0.135. The maximum absolute atomic E-state index is 13.1. The molecule has 1 fully saturated rings. The van der Waals surface area contributed by atoms with E-state index in [9.17, 15) is 14.0 Å². The summed E-state index contributed by atoms with van der Waals surface area (Å²) in [4.78, 5) is 35.0. The molecule has 10 heteroatoms. The number of anilines is 1. The molecule has 3 aromatic rings. The molecule has 3 N–H and O–H groups in total. The van der Waals surface area contributed by atoms with Crippen molar-refractivity contribution in [1.29, 1.82) is 0 Å². The van der Waals surface area contributed by atoms with E-state index in [-0.39, 0.29) is 23.2 Å². The molecule has 4 rings (SSSR count). The van der Waals surface area contributed by atoms with E-state index in [1.165, 1.54) is 30.3 Å². The van der Waals surface area contributed by atoms with Crippen LogP contribution in [0.4, 0.5) is 10.2 Å². The third-order valence-corrected chi connectivity index (χ3v) is 5.20. The predicted molar refractivity (Wildman–Crippen MR) is 123 cm³/mol. The Kier molecular flexibility index (Phi) is 6.98. The number of morpholine rings is 1. The summed E-state index contributed by atoms with van der Waals surface area (Å²) in [5.41, 5.74) is 6.10. The molecule has 9 nitrogen and oxygen atoms in total. The second-order valence-corrected chi connectivity index (χ2v) is 7.71. The first kappa shape index (κ1) is 23.1. The van der Waals surface area contributed by atoms with Crippen LogP contribution in [0.3, 0.4) is 0 Å². The largest absolute Gasteiger partial charge is 0.457 e. The molecule has 1 aliphatic rings. The molecule has 0 spiro atoms. The van der Waals surface area contributed by atoms with Crippen molar-refractivity contribution < 1.29 is 23.5 Å². The van der Waals surface area contributed by atoms with Crippen molar-refractivity contribution in [2.45, 2.75) is 13.0 Å². The Hall–Kier alpha value is -4.05. The lowest BCUT2D eigenvalue weighted by Gasteiger charge is -2.29. The highest BCUT2D eigenvalue weighted by Crippen LogP contribution is 2.25. The Bertz CT molecular complexity index is 1160. The van der Waals surface area contributed by atoms with Gasteiger partial charge in [0.1, 0.15) is 34.9 Å². The van der Waals surface area contributed by atoms with E-state index in [4.69, 9.17) is 15.2 Å².